The lowest BCUT2D eigenvalue weighted by Crippen LogP contribution is -2.25. The number of anilines is 1. The van der Waals surface area contributed by atoms with Gasteiger partial charge < -0.3 is 20.8 Å². The van der Waals surface area contributed by atoms with Crippen LogP contribution in [-0.2, 0) is 12.7 Å². The van der Waals surface area contributed by atoms with Crippen LogP contribution in [0, 0.1) is 12.3 Å². The van der Waals surface area contributed by atoms with Crippen molar-refractivity contribution < 1.29 is 18.3 Å². The van der Waals surface area contributed by atoms with E-state index in [4.69, 9.17) is 10.5 Å². The Balaban J connectivity index is 2.23. The van der Waals surface area contributed by atoms with Crippen LogP contribution in [0.4, 0.5) is 19.0 Å². The van der Waals surface area contributed by atoms with E-state index in [1.165, 1.54) is 12.1 Å². The summed E-state index contributed by atoms with van der Waals surface area (Å²) in [6.07, 6.45) is -4.40. The van der Waals surface area contributed by atoms with Crippen LogP contribution in [0.15, 0.2) is 29.1 Å². The smallest absolute Gasteiger partial charge is 0.390 e. The molecule has 0 bridgehead atoms. The molecule has 0 spiro atoms. The lowest BCUT2D eigenvalue weighted by Gasteiger charge is -2.12. The Morgan fingerprint density at radius 3 is 2.50 bits per heavy atom. The van der Waals surface area contributed by atoms with Crippen molar-refractivity contribution in [3.63, 3.8) is 0 Å². The van der Waals surface area contributed by atoms with Gasteiger partial charge in [0.05, 0.1) is 17.9 Å². The Bertz CT molecular complexity index is 798. The number of hydrogen-bond donors (Lipinski definition) is 4. The van der Waals surface area contributed by atoms with Crippen LogP contribution in [0.25, 0.3) is 0 Å². The van der Waals surface area contributed by atoms with Gasteiger partial charge in [-0.3, -0.25) is 4.79 Å². The zero-order valence-corrected chi connectivity index (χ0v) is 12.7. The number of H-pyrrole nitrogens is 1. The van der Waals surface area contributed by atoms with Crippen LogP contribution in [0.3, 0.4) is 0 Å². The highest BCUT2D eigenvalue weighted by Gasteiger charge is 2.29. The van der Waals surface area contributed by atoms with Crippen LogP contribution in [0.2, 0.25) is 0 Å². The second kappa shape index (κ2) is 6.83. The fraction of sp³-hybridized carbons (Fsp3) is 0.267. The van der Waals surface area contributed by atoms with Crippen molar-refractivity contribution in [1.82, 2.24) is 9.97 Å². The normalized spacial score (nSPS) is 11.4. The number of nitrogens with zero attached hydrogens (tertiary/aromatic N) is 1. The second-order valence-corrected chi connectivity index (χ2v) is 5.06. The summed E-state index contributed by atoms with van der Waals surface area (Å²) in [6.45, 7) is 1.03. The lowest BCUT2D eigenvalue weighted by molar-refractivity contribution is -0.137. The molecule has 0 fully saturated rings. The zero-order chi connectivity index (χ0) is 17.9. The summed E-state index contributed by atoms with van der Waals surface area (Å²) in [5, 5.41) is 19.5. The van der Waals surface area contributed by atoms with Gasteiger partial charge in [-0.15, -0.1) is 0 Å². The Morgan fingerprint density at radius 1 is 1.33 bits per heavy atom. The average molecular weight is 340 g/mol. The number of rotatable bonds is 5. The maximum atomic E-state index is 12.5. The number of alkyl halides is 3. The quantitative estimate of drug-likeness (QED) is 0.626. The van der Waals surface area contributed by atoms with E-state index >= 15 is 0 Å². The first-order chi connectivity index (χ1) is 11.2. The summed E-state index contributed by atoms with van der Waals surface area (Å²) in [4.78, 5) is 18.4. The first-order valence-electron chi connectivity index (χ1n) is 6.92. The highest BCUT2D eigenvalue weighted by Crippen LogP contribution is 2.29. The number of hydrogen-bond acceptors (Lipinski definition) is 5. The van der Waals surface area contributed by atoms with Gasteiger partial charge in [-0.2, -0.15) is 13.2 Å². The molecule has 2 aromatic rings. The highest BCUT2D eigenvalue weighted by molar-refractivity contribution is 6.02. The number of aromatic nitrogens is 2. The van der Waals surface area contributed by atoms with E-state index in [1.807, 2.05) is 0 Å². The van der Waals surface area contributed by atoms with Crippen molar-refractivity contribution in [3.8, 4) is 0 Å². The molecule has 1 aromatic heterocycles. The van der Waals surface area contributed by atoms with Gasteiger partial charge in [0.15, 0.2) is 0 Å². The summed E-state index contributed by atoms with van der Waals surface area (Å²) in [7, 11) is 0. The fourth-order valence-electron chi connectivity index (χ4n) is 2.07. The van der Waals surface area contributed by atoms with Gasteiger partial charge in [-0.05, 0) is 24.6 Å². The third-order valence-electron chi connectivity index (χ3n) is 3.24. The van der Waals surface area contributed by atoms with E-state index in [0.717, 1.165) is 12.1 Å². The topological polar surface area (TPSA) is 102 Å². The molecule has 0 amide bonds. The van der Waals surface area contributed by atoms with Gasteiger partial charge in [-0.1, -0.05) is 12.1 Å². The molecule has 1 aromatic carbocycles. The molecule has 0 atom stereocenters. The Morgan fingerprint density at radius 2 is 1.96 bits per heavy atom. The number of halogens is 3. The first-order valence-corrected chi connectivity index (χ1v) is 6.92. The third-order valence-corrected chi connectivity index (χ3v) is 3.24. The number of benzene rings is 1. The molecular formula is C15H15F3N4O2. The fourth-order valence-corrected chi connectivity index (χ4v) is 2.07. The summed E-state index contributed by atoms with van der Waals surface area (Å²) in [6, 6.07) is 4.55. The van der Waals surface area contributed by atoms with E-state index in [1.54, 1.807) is 6.92 Å². The standard InChI is InChI=1S/C15H15F3N4O2/c1-8-21-13(12(11(19)7-23)14(24)22-8)20-6-9-2-4-10(5-3-9)15(16,17)18/h2-5,19,23H,6-7H2,1H3,(H2,20,21,22,24). The first kappa shape index (κ1) is 17.7. The molecule has 0 saturated carbocycles. The molecule has 9 heteroatoms. The van der Waals surface area contributed by atoms with E-state index in [2.05, 4.69) is 15.3 Å². The summed E-state index contributed by atoms with van der Waals surface area (Å²) >= 11 is 0. The zero-order valence-electron chi connectivity index (χ0n) is 12.7. The number of aliphatic hydroxyl groups is 1. The molecule has 0 aliphatic rings. The van der Waals surface area contributed by atoms with Gasteiger partial charge in [-0.25, -0.2) is 4.98 Å². The van der Waals surface area contributed by atoms with E-state index < -0.39 is 23.9 Å². The molecule has 0 radical (unpaired) electrons. The number of aromatic amines is 1. The molecular weight excluding hydrogens is 325 g/mol. The van der Waals surface area contributed by atoms with Crippen molar-refractivity contribution >= 4 is 11.5 Å². The Kier molecular flexibility index (Phi) is 5.03. The minimum atomic E-state index is -4.40. The van der Waals surface area contributed by atoms with Crippen LogP contribution in [-0.4, -0.2) is 27.4 Å². The second-order valence-electron chi connectivity index (χ2n) is 5.06. The van der Waals surface area contributed by atoms with Crippen molar-refractivity contribution in [2.24, 2.45) is 0 Å². The summed E-state index contributed by atoms with van der Waals surface area (Å²) < 4.78 is 37.6. The van der Waals surface area contributed by atoms with Crippen LogP contribution >= 0.6 is 0 Å². The number of aliphatic hydroxyl groups excluding tert-OH is 1. The minimum absolute atomic E-state index is 0.0928. The monoisotopic (exact) mass is 340 g/mol. The van der Waals surface area contributed by atoms with E-state index in [0.29, 0.717) is 11.4 Å². The maximum Gasteiger partial charge on any atom is 0.416 e. The Hall–Kier alpha value is -2.68. The Labute approximate surface area is 134 Å². The molecule has 0 aliphatic carbocycles. The molecule has 24 heavy (non-hydrogen) atoms. The molecule has 0 aliphatic heterocycles. The van der Waals surface area contributed by atoms with Crippen molar-refractivity contribution in [2.75, 3.05) is 11.9 Å². The van der Waals surface area contributed by atoms with E-state index in [9.17, 15) is 18.0 Å². The average Bonchev–Trinajstić information content (AvgIpc) is 2.51. The van der Waals surface area contributed by atoms with Crippen LogP contribution in [0.5, 0.6) is 0 Å². The largest absolute Gasteiger partial charge is 0.416 e. The number of aryl methyl sites for hydroxylation is 1. The molecule has 2 rings (SSSR count). The SMILES string of the molecule is Cc1nc(NCc2ccc(C(F)(F)F)cc2)c(C(=N)CO)c(=O)[nH]1. The maximum absolute atomic E-state index is 12.5. The molecule has 0 saturated heterocycles. The molecule has 128 valence electrons. The lowest BCUT2D eigenvalue weighted by atomic mass is 10.1. The van der Waals surface area contributed by atoms with E-state index in [-0.39, 0.29) is 23.6 Å². The van der Waals surface area contributed by atoms with Crippen LogP contribution in [0.1, 0.15) is 22.5 Å². The minimum Gasteiger partial charge on any atom is -0.390 e. The van der Waals surface area contributed by atoms with Gasteiger partial charge >= 0.3 is 6.18 Å². The van der Waals surface area contributed by atoms with Crippen molar-refractivity contribution in [1.29, 1.82) is 5.41 Å². The summed E-state index contributed by atoms with van der Waals surface area (Å²) in [5.41, 5.74) is -1.19. The predicted octanol–water partition coefficient (Wildman–Crippen LogP) is 2.07. The molecule has 6 nitrogen and oxygen atoms in total. The molecule has 4 N–H and O–H groups in total. The number of nitrogens with one attached hydrogen (secondary N) is 3. The van der Waals surface area contributed by atoms with Crippen molar-refractivity contribution in [3.05, 3.63) is 57.1 Å². The molecule has 1 heterocycles. The van der Waals surface area contributed by atoms with Crippen molar-refractivity contribution in [2.45, 2.75) is 19.6 Å². The van der Waals surface area contributed by atoms with Crippen LogP contribution < -0.4 is 10.9 Å². The van der Waals surface area contributed by atoms with Gasteiger partial charge in [0.25, 0.3) is 5.56 Å². The van der Waals surface area contributed by atoms with Gasteiger partial charge in [0, 0.05) is 6.54 Å². The molecule has 0 unspecified atom stereocenters. The van der Waals surface area contributed by atoms with Gasteiger partial charge in [0.2, 0.25) is 0 Å². The predicted molar refractivity (Wildman–Crippen MR) is 82.3 cm³/mol. The summed E-state index contributed by atoms with van der Waals surface area (Å²) in [5.74, 6) is 0.402. The third kappa shape index (κ3) is 3.99. The highest BCUT2D eigenvalue weighted by atomic mass is 19.4. The van der Waals surface area contributed by atoms with Gasteiger partial charge in [0.1, 0.15) is 17.2 Å².